The third-order valence-corrected chi connectivity index (χ3v) is 3.91. The van der Waals surface area contributed by atoms with Gasteiger partial charge in [-0.25, -0.2) is 0 Å². The van der Waals surface area contributed by atoms with Crippen molar-refractivity contribution in [1.29, 1.82) is 0 Å². The lowest BCUT2D eigenvalue weighted by Gasteiger charge is -2.24. The summed E-state index contributed by atoms with van der Waals surface area (Å²) in [6.45, 7) is 6.80. The molecule has 0 amide bonds. The van der Waals surface area contributed by atoms with E-state index in [0.717, 1.165) is 19.6 Å². The molecule has 0 unspecified atom stereocenters. The number of rotatable bonds is 8. The summed E-state index contributed by atoms with van der Waals surface area (Å²) in [5, 5.41) is 3.47. The van der Waals surface area contributed by atoms with Crippen molar-refractivity contribution in [2.24, 2.45) is 0 Å². The van der Waals surface area contributed by atoms with Crippen LogP contribution in [0.1, 0.15) is 31.7 Å². The minimum Gasteiger partial charge on any atom is -0.315 e. The maximum absolute atomic E-state index is 3.47. The Kier molecular flexibility index (Phi) is 4.79. The van der Waals surface area contributed by atoms with Crippen LogP contribution in [0, 0.1) is 0 Å². The standard InChI is InChI=1S/C16H26N2/c1-3-11-17-12-13-18(2)14-16(9-10-16)15-7-5-4-6-8-15/h4-8,17H,3,9-14H2,1-2H3. The van der Waals surface area contributed by atoms with Gasteiger partial charge in [0, 0.05) is 25.0 Å². The van der Waals surface area contributed by atoms with Crippen molar-refractivity contribution >= 4 is 0 Å². The first kappa shape index (κ1) is 13.6. The molecule has 0 aromatic heterocycles. The van der Waals surface area contributed by atoms with E-state index in [1.165, 1.54) is 31.4 Å². The number of nitrogens with one attached hydrogen (secondary N) is 1. The number of likely N-dealkylation sites (N-methyl/N-ethyl adjacent to an activating group) is 1. The van der Waals surface area contributed by atoms with E-state index in [2.05, 4.69) is 54.5 Å². The fourth-order valence-corrected chi connectivity index (χ4v) is 2.65. The van der Waals surface area contributed by atoms with Crippen molar-refractivity contribution in [2.75, 3.05) is 33.2 Å². The van der Waals surface area contributed by atoms with Gasteiger partial charge in [0.2, 0.25) is 0 Å². The Bertz CT molecular complexity index is 343. The van der Waals surface area contributed by atoms with Crippen LogP contribution in [0.5, 0.6) is 0 Å². The summed E-state index contributed by atoms with van der Waals surface area (Å²) in [5.74, 6) is 0. The molecule has 1 saturated carbocycles. The van der Waals surface area contributed by atoms with Crippen molar-refractivity contribution in [3.63, 3.8) is 0 Å². The average molecular weight is 246 g/mol. The van der Waals surface area contributed by atoms with Crippen molar-refractivity contribution in [2.45, 2.75) is 31.6 Å². The van der Waals surface area contributed by atoms with Gasteiger partial charge in [-0.3, -0.25) is 0 Å². The highest BCUT2D eigenvalue weighted by Crippen LogP contribution is 2.48. The van der Waals surface area contributed by atoms with Crippen LogP contribution in [-0.4, -0.2) is 38.1 Å². The van der Waals surface area contributed by atoms with E-state index in [9.17, 15) is 0 Å². The fraction of sp³-hybridized carbons (Fsp3) is 0.625. The maximum atomic E-state index is 3.47. The molecule has 1 aromatic rings. The summed E-state index contributed by atoms with van der Waals surface area (Å²) in [4.78, 5) is 2.47. The Balaban J connectivity index is 1.78. The molecule has 1 fully saturated rings. The summed E-state index contributed by atoms with van der Waals surface area (Å²) in [5.41, 5.74) is 1.99. The molecule has 0 saturated heterocycles. The zero-order valence-electron chi connectivity index (χ0n) is 11.8. The molecule has 0 bridgehead atoms. The monoisotopic (exact) mass is 246 g/mol. The Labute approximate surface area is 111 Å². The van der Waals surface area contributed by atoms with Gasteiger partial charge in [-0.1, -0.05) is 37.3 Å². The Morgan fingerprint density at radius 1 is 1.17 bits per heavy atom. The fourth-order valence-electron chi connectivity index (χ4n) is 2.65. The summed E-state index contributed by atoms with van der Waals surface area (Å²) in [6, 6.07) is 11.0. The van der Waals surface area contributed by atoms with Crippen molar-refractivity contribution in [3.8, 4) is 0 Å². The molecular weight excluding hydrogens is 220 g/mol. The molecule has 0 atom stereocenters. The van der Waals surface area contributed by atoms with E-state index in [4.69, 9.17) is 0 Å². The van der Waals surface area contributed by atoms with Crippen LogP contribution in [0.4, 0.5) is 0 Å². The maximum Gasteiger partial charge on any atom is 0.0104 e. The first-order valence-corrected chi connectivity index (χ1v) is 7.22. The lowest BCUT2D eigenvalue weighted by molar-refractivity contribution is 0.301. The second kappa shape index (κ2) is 6.35. The molecule has 18 heavy (non-hydrogen) atoms. The van der Waals surface area contributed by atoms with Gasteiger partial charge < -0.3 is 10.2 Å². The second-order valence-corrected chi connectivity index (χ2v) is 5.63. The van der Waals surface area contributed by atoms with Crippen molar-refractivity contribution in [1.82, 2.24) is 10.2 Å². The predicted molar refractivity (Wildman–Crippen MR) is 78.0 cm³/mol. The first-order chi connectivity index (χ1) is 8.77. The molecule has 0 heterocycles. The summed E-state index contributed by atoms with van der Waals surface area (Å²) < 4.78 is 0. The quantitative estimate of drug-likeness (QED) is 0.709. The smallest absolute Gasteiger partial charge is 0.0104 e. The third kappa shape index (κ3) is 3.56. The van der Waals surface area contributed by atoms with Crippen LogP contribution in [-0.2, 0) is 5.41 Å². The van der Waals surface area contributed by atoms with Gasteiger partial charge in [0.05, 0.1) is 0 Å². The zero-order valence-corrected chi connectivity index (χ0v) is 11.8. The molecule has 1 aliphatic rings. The van der Waals surface area contributed by atoms with Crippen LogP contribution in [0.15, 0.2) is 30.3 Å². The molecular formula is C16H26N2. The molecule has 2 rings (SSSR count). The molecule has 0 aliphatic heterocycles. The van der Waals surface area contributed by atoms with Gasteiger partial charge >= 0.3 is 0 Å². The first-order valence-electron chi connectivity index (χ1n) is 7.22. The molecule has 100 valence electrons. The number of hydrogen-bond acceptors (Lipinski definition) is 2. The van der Waals surface area contributed by atoms with Gasteiger partial charge in [0.15, 0.2) is 0 Å². The van der Waals surface area contributed by atoms with Crippen LogP contribution in [0.2, 0.25) is 0 Å². The zero-order chi connectivity index (χ0) is 12.8. The number of nitrogens with zero attached hydrogens (tertiary/aromatic N) is 1. The van der Waals surface area contributed by atoms with Crippen LogP contribution < -0.4 is 5.32 Å². The van der Waals surface area contributed by atoms with E-state index in [1.54, 1.807) is 0 Å². The van der Waals surface area contributed by atoms with Gasteiger partial charge in [0.1, 0.15) is 0 Å². The molecule has 1 aliphatic carbocycles. The largest absolute Gasteiger partial charge is 0.315 e. The Hall–Kier alpha value is -0.860. The molecule has 2 nitrogen and oxygen atoms in total. The van der Waals surface area contributed by atoms with Crippen molar-refractivity contribution < 1.29 is 0 Å². The molecule has 1 N–H and O–H groups in total. The normalized spacial score (nSPS) is 17.1. The highest BCUT2D eigenvalue weighted by atomic mass is 15.1. The summed E-state index contributed by atoms with van der Waals surface area (Å²) in [7, 11) is 2.25. The lowest BCUT2D eigenvalue weighted by atomic mass is 9.95. The highest BCUT2D eigenvalue weighted by Gasteiger charge is 2.44. The minimum atomic E-state index is 0.459. The highest BCUT2D eigenvalue weighted by molar-refractivity contribution is 5.31. The Morgan fingerprint density at radius 3 is 2.50 bits per heavy atom. The van der Waals surface area contributed by atoms with E-state index in [1.807, 2.05) is 0 Å². The van der Waals surface area contributed by atoms with Crippen LogP contribution in [0.25, 0.3) is 0 Å². The second-order valence-electron chi connectivity index (χ2n) is 5.63. The van der Waals surface area contributed by atoms with E-state index in [-0.39, 0.29) is 0 Å². The van der Waals surface area contributed by atoms with Gasteiger partial charge in [0.25, 0.3) is 0 Å². The SMILES string of the molecule is CCCNCCN(C)CC1(c2ccccc2)CC1. The molecule has 0 spiro atoms. The average Bonchev–Trinajstić information content (AvgIpc) is 3.17. The minimum absolute atomic E-state index is 0.459. The van der Waals surface area contributed by atoms with Gasteiger partial charge in [-0.05, 0) is 38.4 Å². The molecule has 2 heteroatoms. The van der Waals surface area contributed by atoms with Gasteiger partial charge in [-0.15, -0.1) is 0 Å². The van der Waals surface area contributed by atoms with E-state index in [0.29, 0.717) is 5.41 Å². The predicted octanol–water partition coefficient (Wildman–Crippen LogP) is 2.65. The van der Waals surface area contributed by atoms with E-state index < -0.39 is 0 Å². The topological polar surface area (TPSA) is 15.3 Å². The molecule has 0 radical (unpaired) electrons. The number of benzene rings is 1. The number of hydrogen-bond donors (Lipinski definition) is 1. The van der Waals surface area contributed by atoms with Crippen LogP contribution >= 0.6 is 0 Å². The lowest BCUT2D eigenvalue weighted by Crippen LogP contribution is -2.35. The van der Waals surface area contributed by atoms with E-state index >= 15 is 0 Å². The molecule has 1 aromatic carbocycles. The van der Waals surface area contributed by atoms with Crippen LogP contribution in [0.3, 0.4) is 0 Å². The van der Waals surface area contributed by atoms with Crippen molar-refractivity contribution in [3.05, 3.63) is 35.9 Å². The summed E-state index contributed by atoms with van der Waals surface area (Å²) in [6.07, 6.45) is 3.92. The Morgan fingerprint density at radius 2 is 1.89 bits per heavy atom. The summed E-state index contributed by atoms with van der Waals surface area (Å²) >= 11 is 0. The van der Waals surface area contributed by atoms with Gasteiger partial charge in [-0.2, -0.15) is 0 Å². The third-order valence-electron chi connectivity index (χ3n) is 3.91.